The van der Waals surface area contributed by atoms with E-state index in [0.29, 0.717) is 0 Å². The van der Waals surface area contributed by atoms with Crippen LogP contribution in [0.1, 0.15) is 26.2 Å². The monoisotopic (exact) mass is 172 g/mol. The lowest BCUT2D eigenvalue weighted by Gasteiger charge is -2.09. The standard InChI is InChI=1S/C13H16/c1-6-12(5)10-13(7-2)9-8-11(3)4/h1-2,13H,3,5,8-10H2,4H3. The highest BCUT2D eigenvalue weighted by atomic mass is 14.1. The van der Waals surface area contributed by atoms with Gasteiger partial charge in [-0.15, -0.1) is 25.3 Å². The van der Waals surface area contributed by atoms with Gasteiger partial charge in [-0.3, -0.25) is 0 Å². The summed E-state index contributed by atoms with van der Waals surface area (Å²) < 4.78 is 0. The SMILES string of the molecule is C#CC(=C)CC(C#C)CCC(=C)C. The van der Waals surface area contributed by atoms with Crippen LogP contribution in [0.25, 0.3) is 0 Å². The molecule has 0 heterocycles. The van der Waals surface area contributed by atoms with Gasteiger partial charge in [0.2, 0.25) is 0 Å². The molecule has 0 aliphatic carbocycles. The molecular weight excluding hydrogens is 156 g/mol. The Morgan fingerprint density at radius 1 is 1.38 bits per heavy atom. The van der Waals surface area contributed by atoms with Crippen molar-refractivity contribution < 1.29 is 0 Å². The first kappa shape index (κ1) is 11.6. The van der Waals surface area contributed by atoms with E-state index in [9.17, 15) is 0 Å². The molecule has 0 aromatic heterocycles. The maximum Gasteiger partial charge on any atom is 0.0249 e. The lowest BCUT2D eigenvalue weighted by atomic mass is 9.95. The largest absolute Gasteiger partial charge is 0.120 e. The first-order valence-electron chi connectivity index (χ1n) is 4.35. The first-order valence-corrected chi connectivity index (χ1v) is 4.35. The van der Waals surface area contributed by atoms with Crippen LogP contribution in [-0.4, -0.2) is 0 Å². The summed E-state index contributed by atoms with van der Waals surface area (Å²) in [6.07, 6.45) is 13.2. The maximum absolute atomic E-state index is 5.37. The van der Waals surface area contributed by atoms with Crippen LogP contribution in [0.4, 0.5) is 0 Å². The second kappa shape index (κ2) is 6.15. The van der Waals surface area contributed by atoms with E-state index in [4.69, 9.17) is 12.8 Å². The molecule has 0 saturated heterocycles. The summed E-state index contributed by atoms with van der Waals surface area (Å²) in [5.41, 5.74) is 1.94. The van der Waals surface area contributed by atoms with Gasteiger partial charge in [-0.25, -0.2) is 0 Å². The topological polar surface area (TPSA) is 0 Å². The molecule has 0 bridgehead atoms. The molecule has 0 amide bonds. The van der Waals surface area contributed by atoms with Crippen molar-refractivity contribution in [2.24, 2.45) is 5.92 Å². The molecule has 0 aromatic carbocycles. The molecule has 0 fully saturated rings. The third kappa shape index (κ3) is 5.83. The maximum atomic E-state index is 5.37. The van der Waals surface area contributed by atoms with Gasteiger partial charge in [-0.1, -0.05) is 18.1 Å². The van der Waals surface area contributed by atoms with Crippen LogP contribution >= 0.6 is 0 Å². The predicted octanol–water partition coefficient (Wildman–Crippen LogP) is 3.17. The van der Waals surface area contributed by atoms with Gasteiger partial charge < -0.3 is 0 Å². The summed E-state index contributed by atoms with van der Waals surface area (Å²) in [5.74, 6) is 5.44. The van der Waals surface area contributed by atoms with Crippen LogP contribution in [0.5, 0.6) is 0 Å². The fourth-order valence-electron chi connectivity index (χ4n) is 1.02. The fourth-order valence-corrected chi connectivity index (χ4v) is 1.02. The second-order valence-corrected chi connectivity index (χ2v) is 3.31. The molecule has 0 aliphatic rings. The Hall–Kier alpha value is -1.40. The summed E-state index contributed by atoms with van der Waals surface area (Å²) in [6.45, 7) is 9.57. The van der Waals surface area contributed by atoms with Crippen molar-refractivity contribution in [3.8, 4) is 24.7 Å². The zero-order valence-corrected chi connectivity index (χ0v) is 8.27. The summed E-state index contributed by atoms with van der Waals surface area (Å²) in [4.78, 5) is 0. The number of terminal acetylenes is 2. The van der Waals surface area contributed by atoms with E-state index in [1.165, 1.54) is 0 Å². The van der Waals surface area contributed by atoms with Crippen molar-refractivity contribution in [2.75, 3.05) is 0 Å². The number of hydrogen-bond donors (Lipinski definition) is 0. The Bertz CT molecular complexity index is 267. The van der Waals surface area contributed by atoms with E-state index in [-0.39, 0.29) is 5.92 Å². The Labute approximate surface area is 81.7 Å². The zero-order chi connectivity index (χ0) is 10.3. The third-order valence-corrected chi connectivity index (χ3v) is 1.85. The minimum Gasteiger partial charge on any atom is -0.120 e. The minimum absolute atomic E-state index is 0.209. The Morgan fingerprint density at radius 3 is 2.38 bits per heavy atom. The highest BCUT2D eigenvalue weighted by molar-refractivity contribution is 5.23. The van der Waals surface area contributed by atoms with Crippen molar-refractivity contribution in [2.45, 2.75) is 26.2 Å². The van der Waals surface area contributed by atoms with Gasteiger partial charge in [0.25, 0.3) is 0 Å². The van der Waals surface area contributed by atoms with Crippen LogP contribution < -0.4 is 0 Å². The summed E-state index contributed by atoms with van der Waals surface area (Å²) in [6, 6.07) is 0. The molecule has 0 rings (SSSR count). The smallest absolute Gasteiger partial charge is 0.0249 e. The minimum atomic E-state index is 0.209. The van der Waals surface area contributed by atoms with Crippen molar-refractivity contribution in [3.05, 3.63) is 24.3 Å². The van der Waals surface area contributed by atoms with Crippen molar-refractivity contribution >= 4 is 0 Å². The van der Waals surface area contributed by atoms with Crippen molar-refractivity contribution in [1.29, 1.82) is 0 Å². The zero-order valence-electron chi connectivity index (χ0n) is 8.27. The number of allylic oxidation sites excluding steroid dienone is 2. The van der Waals surface area contributed by atoms with E-state index in [1.54, 1.807) is 0 Å². The number of rotatable bonds is 5. The molecule has 0 aromatic rings. The molecule has 0 radical (unpaired) electrons. The Morgan fingerprint density at radius 2 is 2.00 bits per heavy atom. The average molecular weight is 172 g/mol. The Kier molecular flexibility index (Phi) is 5.49. The van der Waals surface area contributed by atoms with E-state index in [0.717, 1.165) is 30.4 Å². The molecule has 0 saturated carbocycles. The van der Waals surface area contributed by atoms with Gasteiger partial charge in [-0.05, 0) is 31.8 Å². The molecule has 0 heteroatoms. The Balaban J connectivity index is 3.93. The quantitative estimate of drug-likeness (QED) is 0.441. The second-order valence-electron chi connectivity index (χ2n) is 3.31. The molecule has 0 aliphatic heterocycles. The van der Waals surface area contributed by atoms with E-state index >= 15 is 0 Å². The molecule has 1 atom stereocenters. The molecule has 0 spiro atoms. The van der Waals surface area contributed by atoms with Crippen LogP contribution in [0.3, 0.4) is 0 Å². The molecule has 0 nitrogen and oxygen atoms in total. The number of hydrogen-bond acceptors (Lipinski definition) is 0. The van der Waals surface area contributed by atoms with Gasteiger partial charge in [0.05, 0.1) is 0 Å². The van der Waals surface area contributed by atoms with Gasteiger partial charge in [0.15, 0.2) is 0 Å². The van der Waals surface area contributed by atoms with Crippen LogP contribution in [-0.2, 0) is 0 Å². The van der Waals surface area contributed by atoms with E-state index < -0.39 is 0 Å². The molecular formula is C13H16. The highest BCUT2D eigenvalue weighted by Gasteiger charge is 2.05. The lowest BCUT2D eigenvalue weighted by Crippen LogP contribution is -1.98. The molecule has 1 unspecified atom stereocenters. The lowest BCUT2D eigenvalue weighted by molar-refractivity contribution is 0.610. The van der Waals surface area contributed by atoms with Crippen LogP contribution in [0.15, 0.2) is 24.3 Å². The fraction of sp³-hybridized carbons (Fsp3) is 0.385. The van der Waals surface area contributed by atoms with Crippen LogP contribution in [0, 0.1) is 30.6 Å². The van der Waals surface area contributed by atoms with Crippen molar-refractivity contribution in [3.63, 3.8) is 0 Å². The normalized spacial score (nSPS) is 11.0. The van der Waals surface area contributed by atoms with Crippen molar-refractivity contribution in [1.82, 2.24) is 0 Å². The summed E-state index contributed by atoms with van der Waals surface area (Å²) >= 11 is 0. The average Bonchev–Trinajstić information content (AvgIpc) is 2.11. The van der Waals surface area contributed by atoms with Gasteiger partial charge in [-0.2, -0.15) is 0 Å². The van der Waals surface area contributed by atoms with E-state index in [2.05, 4.69) is 25.0 Å². The van der Waals surface area contributed by atoms with E-state index in [1.807, 2.05) is 6.92 Å². The third-order valence-electron chi connectivity index (χ3n) is 1.85. The molecule has 68 valence electrons. The molecule has 13 heavy (non-hydrogen) atoms. The van der Waals surface area contributed by atoms with Gasteiger partial charge in [0, 0.05) is 5.92 Å². The van der Waals surface area contributed by atoms with Gasteiger partial charge in [0.1, 0.15) is 0 Å². The van der Waals surface area contributed by atoms with Crippen LogP contribution in [0.2, 0.25) is 0 Å². The summed E-state index contributed by atoms with van der Waals surface area (Å²) in [7, 11) is 0. The summed E-state index contributed by atoms with van der Waals surface area (Å²) in [5, 5.41) is 0. The predicted molar refractivity (Wildman–Crippen MR) is 59.0 cm³/mol. The highest BCUT2D eigenvalue weighted by Crippen LogP contribution is 2.16. The molecule has 0 N–H and O–H groups in total. The first-order chi connectivity index (χ1) is 6.10. The van der Waals surface area contributed by atoms with Gasteiger partial charge >= 0.3 is 0 Å².